The van der Waals surface area contributed by atoms with Gasteiger partial charge in [0.2, 0.25) is 0 Å². The van der Waals surface area contributed by atoms with Gasteiger partial charge >= 0.3 is 12.2 Å². The second kappa shape index (κ2) is 9.48. The SMILES string of the molecule is C/C=C(Cl)\C(=C/C(C)Cl)CN(C(=O)OC(C)(C)C)C(=O)OC(C)(C)C. The zero-order valence-corrected chi connectivity index (χ0v) is 17.8. The predicted molar refractivity (Wildman–Crippen MR) is 102 cm³/mol. The third kappa shape index (κ3) is 10.4. The van der Waals surface area contributed by atoms with Crippen LogP contribution in [0.25, 0.3) is 0 Å². The van der Waals surface area contributed by atoms with Crippen LogP contribution in [0.15, 0.2) is 22.8 Å². The molecule has 0 heterocycles. The number of imide groups is 1. The van der Waals surface area contributed by atoms with Gasteiger partial charge in [-0.05, 0) is 61.0 Å². The van der Waals surface area contributed by atoms with Crippen molar-refractivity contribution in [3.8, 4) is 0 Å². The highest BCUT2D eigenvalue weighted by Crippen LogP contribution is 2.21. The minimum absolute atomic E-state index is 0.107. The average molecular weight is 394 g/mol. The molecule has 0 saturated heterocycles. The minimum atomic E-state index is -0.810. The molecule has 0 radical (unpaired) electrons. The Morgan fingerprint density at radius 3 is 1.72 bits per heavy atom. The van der Waals surface area contributed by atoms with Crippen molar-refractivity contribution in [1.29, 1.82) is 0 Å². The average Bonchev–Trinajstić information content (AvgIpc) is 2.37. The van der Waals surface area contributed by atoms with Crippen LogP contribution >= 0.6 is 23.2 Å². The Hall–Kier alpha value is -1.20. The van der Waals surface area contributed by atoms with E-state index in [4.69, 9.17) is 32.7 Å². The Morgan fingerprint density at radius 2 is 1.44 bits per heavy atom. The fourth-order valence-corrected chi connectivity index (χ4v) is 1.95. The Balaban J connectivity index is 5.71. The number of hydrogen-bond acceptors (Lipinski definition) is 4. The largest absolute Gasteiger partial charge is 0.443 e. The topological polar surface area (TPSA) is 55.8 Å². The van der Waals surface area contributed by atoms with Crippen LogP contribution in [0.2, 0.25) is 0 Å². The molecule has 0 rings (SSSR count). The number of ether oxygens (including phenoxy) is 2. The van der Waals surface area contributed by atoms with Crippen molar-refractivity contribution in [1.82, 2.24) is 4.90 Å². The molecule has 0 aromatic carbocycles. The lowest BCUT2D eigenvalue weighted by atomic mass is 10.2. The molecule has 7 heteroatoms. The number of rotatable bonds is 4. The van der Waals surface area contributed by atoms with Gasteiger partial charge in [-0.2, -0.15) is 0 Å². The van der Waals surface area contributed by atoms with Crippen molar-refractivity contribution < 1.29 is 19.1 Å². The van der Waals surface area contributed by atoms with Gasteiger partial charge in [-0.15, -0.1) is 11.6 Å². The summed E-state index contributed by atoms with van der Waals surface area (Å²) in [5, 5.41) is 0.0624. The van der Waals surface area contributed by atoms with Crippen molar-refractivity contribution in [2.45, 2.75) is 72.0 Å². The number of halogens is 2. The summed E-state index contributed by atoms with van der Waals surface area (Å²) in [6.45, 7) is 13.7. The summed E-state index contributed by atoms with van der Waals surface area (Å²) in [5.74, 6) is 0. The Morgan fingerprint density at radius 1 is 1.04 bits per heavy atom. The van der Waals surface area contributed by atoms with Gasteiger partial charge in [0.05, 0.1) is 6.54 Å². The highest BCUT2D eigenvalue weighted by atomic mass is 35.5. The fourth-order valence-electron chi connectivity index (χ4n) is 1.68. The molecule has 0 fully saturated rings. The van der Waals surface area contributed by atoms with Gasteiger partial charge < -0.3 is 9.47 Å². The van der Waals surface area contributed by atoms with E-state index in [9.17, 15) is 9.59 Å². The number of carbonyl (C=O) groups excluding carboxylic acids is 2. The van der Waals surface area contributed by atoms with Gasteiger partial charge in [0.1, 0.15) is 11.2 Å². The van der Waals surface area contributed by atoms with Crippen molar-refractivity contribution in [3.05, 3.63) is 22.8 Å². The maximum absolute atomic E-state index is 12.5. The van der Waals surface area contributed by atoms with Crippen LogP contribution in [0.5, 0.6) is 0 Å². The maximum atomic E-state index is 12.5. The lowest BCUT2D eigenvalue weighted by molar-refractivity contribution is 0.00335. The van der Waals surface area contributed by atoms with Gasteiger partial charge in [-0.3, -0.25) is 0 Å². The third-order valence-electron chi connectivity index (χ3n) is 2.55. The van der Waals surface area contributed by atoms with Gasteiger partial charge in [0, 0.05) is 10.4 Å². The first kappa shape index (κ1) is 23.8. The van der Waals surface area contributed by atoms with E-state index in [2.05, 4.69) is 0 Å². The Bertz CT molecular complexity index is 512. The highest BCUT2D eigenvalue weighted by Gasteiger charge is 2.32. The molecule has 25 heavy (non-hydrogen) atoms. The Kier molecular flexibility index (Phi) is 9.03. The molecule has 144 valence electrons. The number of amides is 2. The summed E-state index contributed by atoms with van der Waals surface area (Å²) in [5.41, 5.74) is -0.986. The van der Waals surface area contributed by atoms with Crippen LogP contribution in [0.1, 0.15) is 55.4 Å². The van der Waals surface area contributed by atoms with E-state index in [1.807, 2.05) is 0 Å². The van der Waals surface area contributed by atoms with Crippen molar-refractivity contribution >= 4 is 35.4 Å². The van der Waals surface area contributed by atoms with E-state index in [0.717, 1.165) is 4.90 Å². The monoisotopic (exact) mass is 393 g/mol. The number of alkyl halides is 1. The molecule has 0 N–H and O–H groups in total. The molecule has 0 spiro atoms. The molecule has 1 unspecified atom stereocenters. The second-order valence-electron chi connectivity index (χ2n) is 7.55. The smallest absolute Gasteiger partial charge is 0.420 e. The quantitative estimate of drug-likeness (QED) is 0.443. The zero-order chi connectivity index (χ0) is 20.0. The minimum Gasteiger partial charge on any atom is -0.443 e. The highest BCUT2D eigenvalue weighted by molar-refractivity contribution is 6.32. The molecule has 0 bridgehead atoms. The molecule has 2 amide bonds. The summed E-state index contributed by atoms with van der Waals surface area (Å²) in [4.78, 5) is 25.9. The summed E-state index contributed by atoms with van der Waals surface area (Å²) >= 11 is 12.2. The molecule has 0 aromatic rings. The van der Waals surface area contributed by atoms with Crippen LogP contribution in [-0.2, 0) is 9.47 Å². The van der Waals surface area contributed by atoms with Crippen LogP contribution < -0.4 is 0 Å². The lowest BCUT2D eigenvalue weighted by Crippen LogP contribution is -2.44. The van der Waals surface area contributed by atoms with Crippen LogP contribution in [0.3, 0.4) is 0 Å². The van der Waals surface area contributed by atoms with Crippen molar-refractivity contribution in [2.75, 3.05) is 6.54 Å². The fraction of sp³-hybridized carbons (Fsp3) is 0.667. The normalized spacial score (nSPS) is 14.8. The van der Waals surface area contributed by atoms with Crippen molar-refractivity contribution in [3.63, 3.8) is 0 Å². The van der Waals surface area contributed by atoms with E-state index in [1.54, 1.807) is 67.5 Å². The van der Waals surface area contributed by atoms with Crippen LogP contribution in [0, 0.1) is 0 Å². The summed E-state index contributed by atoms with van der Waals surface area (Å²) in [7, 11) is 0. The third-order valence-corrected chi connectivity index (χ3v) is 3.13. The van der Waals surface area contributed by atoms with Gasteiger partial charge in [0.25, 0.3) is 0 Å². The molecule has 5 nitrogen and oxygen atoms in total. The number of hydrogen-bond donors (Lipinski definition) is 0. The molecular formula is C18H29Cl2NO4. The van der Waals surface area contributed by atoms with E-state index in [1.165, 1.54) is 0 Å². The first-order valence-corrected chi connectivity index (χ1v) is 8.88. The molecule has 0 aliphatic rings. The molecule has 1 atom stereocenters. The molecule has 0 aromatic heterocycles. The Labute approximate surface area is 160 Å². The standard InChI is InChI=1S/C18H29Cl2NO4/c1-9-14(20)13(10-12(2)19)11-21(15(22)24-17(3,4)5)16(23)25-18(6,7)8/h9-10,12H,11H2,1-8H3/b13-10-,14-9+. The summed E-state index contributed by atoms with van der Waals surface area (Å²) in [6.07, 6.45) is 1.71. The van der Waals surface area contributed by atoms with Crippen LogP contribution in [-0.4, -0.2) is 40.2 Å². The van der Waals surface area contributed by atoms with E-state index in [0.29, 0.717) is 10.6 Å². The van der Waals surface area contributed by atoms with E-state index < -0.39 is 23.4 Å². The predicted octanol–water partition coefficient (Wildman–Crippen LogP) is 5.85. The molecular weight excluding hydrogens is 365 g/mol. The van der Waals surface area contributed by atoms with Crippen LogP contribution in [0.4, 0.5) is 9.59 Å². The first-order chi connectivity index (χ1) is 11.2. The maximum Gasteiger partial charge on any atom is 0.420 e. The van der Waals surface area contributed by atoms with Gasteiger partial charge in [-0.25, -0.2) is 14.5 Å². The number of allylic oxidation sites excluding steroid dienone is 2. The zero-order valence-electron chi connectivity index (χ0n) is 16.3. The summed E-state index contributed by atoms with van der Waals surface area (Å²) < 4.78 is 10.6. The molecule has 0 aliphatic heterocycles. The van der Waals surface area contributed by atoms with Gasteiger partial charge in [0.15, 0.2) is 0 Å². The summed E-state index contributed by atoms with van der Waals surface area (Å²) in [6, 6.07) is 0. The van der Waals surface area contributed by atoms with E-state index in [-0.39, 0.29) is 11.9 Å². The molecule has 0 aliphatic carbocycles. The lowest BCUT2D eigenvalue weighted by Gasteiger charge is -2.29. The van der Waals surface area contributed by atoms with Crippen molar-refractivity contribution in [2.24, 2.45) is 0 Å². The number of carbonyl (C=O) groups is 2. The molecule has 0 saturated carbocycles. The van der Waals surface area contributed by atoms with Gasteiger partial charge in [-0.1, -0.05) is 23.8 Å². The number of nitrogens with zero attached hydrogens (tertiary/aromatic N) is 1. The van der Waals surface area contributed by atoms with E-state index >= 15 is 0 Å². The first-order valence-electron chi connectivity index (χ1n) is 8.06. The second-order valence-corrected chi connectivity index (χ2v) is 8.65.